The summed E-state index contributed by atoms with van der Waals surface area (Å²) >= 11 is 0. The van der Waals surface area contributed by atoms with E-state index in [4.69, 9.17) is 0 Å². The minimum atomic E-state index is 0.456. The molecule has 0 unspecified atom stereocenters. The van der Waals surface area contributed by atoms with Crippen molar-refractivity contribution in [1.82, 2.24) is 0 Å². The van der Waals surface area contributed by atoms with E-state index in [2.05, 4.69) is 32.0 Å². The van der Waals surface area contributed by atoms with Crippen LogP contribution in [0.15, 0.2) is 18.2 Å². The Morgan fingerprint density at radius 3 is 2.25 bits per heavy atom. The quantitative estimate of drug-likeness (QED) is 0.738. The van der Waals surface area contributed by atoms with E-state index in [1.165, 1.54) is 16.7 Å². The van der Waals surface area contributed by atoms with Crippen molar-refractivity contribution in [2.75, 3.05) is 0 Å². The van der Waals surface area contributed by atoms with Gasteiger partial charge in [-0.1, -0.05) is 18.2 Å². The predicted molar refractivity (Wildman–Crippen MR) is 66.6 cm³/mol. The molecule has 1 heteroatoms. The van der Waals surface area contributed by atoms with Crippen LogP contribution in [0, 0.1) is 19.8 Å². The molecule has 0 aliphatic heterocycles. The van der Waals surface area contributed by atoms with E-state index in [1.54, 1.807) is 0 Å². The molecule has 0 bridgehead atoms. The van der Waals surface area contributed by atoms with Crippen molar-refractivity contribution in [2.24, 2.45) is 5.92 Å². The number of benzene rings is 1. The first-order valence-electron chi connectivity index (χ1n) is 6.23. The topological polar surface area (TPSA) is 17.1 Å². The van der Waals surface area contributed by atoms with Gasteiger partial charge < -0.3 is 0 Å². The molecule has 2 rings (SSSR count). The highest BCUT2D eigenvalue weighted by atomic mass is 16.1. The molecule has 0 heterocycles. The number of rotatable bonds is 2. The molecule has 0 saturated heterocycles. The van der Waals surface area contributed by atoms with Crippen LogP contribution in [0.25, 0.3) is 0 Å². The Bertz CT molecular complexity index is 362. The molecule has 86 valence electrons. The Hall–Kier alpha value is -1.11. The van der Waals surface area contributed by atoms with Crippen LogP contribution in [0.3, 0.4) is 0 Å². The minimum absolute atomic E-state index is 0.456. The Morgan fingerprint density at radius 1 is 1.12 bits per heavy atom. The van der Waals surface area contributed by atoms with Crippen LogP contribution in [0.2, 0.25) is 0 Å². The molecule has 1 aromatic rings. The van der Waals surface area contributed by atoms with Crippen LogP contribution < -0.4 is 0 Å². The van der Waals surface area contributed by atoms with Gasteiger partial charge in [-0.2, -0.15) is 0 Å². The summed E-state index contributed by atoms with van der Waals surface area (Å²) < 4.78 is 0. The normalized spacial score (nSPS) is 17.8. The summed E-state index contributed by atoms with van der Waals surface area (Å²) in [5, 5.41) is 0. The summed E-state index contributed by atoms with van der Waals surface area (Å²) in [6, 6.07) is 6.51. The first kappa shape index (κ1) is 11.4. The fourth-order valence-corrected chi connectivity index (χ4v) is 2.66. The standard InChI is InChI=1S/C15H20O/c1-11-4-3-5-12(2)15(11)10-13-6-8-14(16)9-7-13/h3-5,13H,6-10H2,1-2H3. The third-order valence-electron chi connectivity index (χ3n) is 3.80. The van der Waals surface area contributed by atoms with Gasteiger partial charge in [0.15, 0.2) is 0 Å². The molecule has 0 N–H and O–H groups in total. The first-order chi connectivity index (χ1) is 7.66. The maximum atomic E-state index is 11.2. The highest BCUT2D eigenvalue weighted by Crippen LogP contribution is 2.27. The SMILES string of the molecule is Cc1cccc(C)c1CC1CCC(=O)CC1. The highest BCUT2D eigenvalue weighted by molar-refractivity contribution is 5.79. The van der Waals surface area contributed by atoms with Crippen LogP contribution in [0.1, 0.15) is 42.4 Å². The fourth-order valence-electron chi connectivity index (χ4n) is 2.66. The highest BCUT2D eigenvalue weighted by Gasteiger charge is 2.19. The van der Waals surface area contributed by atoms with Gasteiger partial charge in [0.25, 0.3) is 0 Å². The van der Waals surface area contributed by atoms with Gasteiger partial charge in [0.1, 0.15) is 5.78 Å². The lowest BCUT2D eigenvalue weighted by molar-refractivity contribution is -0.120. The zero-order valence-electron chi connectivity index (χ0n) is 10.3. The average molecular weight is 216 g/mol. The van der Waals surface area contributed by atoms with Gasteiger partial charge in [-0.25, -0.2) is 0 Å². The average Bonchev–Trinajstić information content (AvgIpc) is 2.26. The number of carbonyl (C=O) groups excluding carboxylic acids is 1. The number of ketones is 1. The van der Waals surface area contributed by atoms with E-state index in [1.807, 2.05) is 0 Å². The summed E-state index contributed by atoms with van der Waals surface area (Å²) in [5.41, 5.74) is 4.30. The van der Waals surface area contributed by atoms with Crippen LogP contribution in [-0.4, -0.2) is 5.78 Å². The van der Waals surface area contributed by atoms with E-state index < -0.39 is 0 Å². The van der Waals surface area contributed by atoms with Gasteiger partial charge in [-0.3, -0.25) is 4.79 Å². The van der Waals surface area contributed by atoms with E-state index in [-0.39, 0.29) is 0 Å². The largest absolute Gasteiger partial charge is 0.300 e. The van der Waals surface area contributed by atoms with E-state index in [9.17, 15) is 4.79 Å². The lowest BCUT2D eigenvalue weighted by atomic mass is 9.82. The van der Waals surface area contributed by atoms with Crippen molar-refractivity contribution in [2.45, 2.75) is 46.0 Å². The van der Waals surface area contributed by atoms with Gasteiger partial charge >= 0.3 is 0 Å². The zero-order chi connectivity index (χ0) is 11.5. The Morgan fingerprint density at radius 2 is 1.69 bits per heavy atom. The van der Waals surface area contributed by atoms with E-state index in [0.717, 1.165) is 38.0 Å². The number of aryl methyl sites for hydroxylation is 2. The molecule has 1 nitrogen and oxygen atoms in total. The van der Waals surface area contributed by atoms with Crippen molar-refractivity contribution in [1.29, 1.82) is 0 Å². The molecular formula is C15H20O. The number of hydrogen-bond acceptors (Lipinski definition) is 1. The number of carbonyl (C=O) groups is 1. The van der Waals surface area contributed by atoms with Crippen molar-refractivity contribution in [3.05, 3.63) is 34.9 Å². The van der Waals surface area contributed by atoms with Crippen molar-refractivity contribution in [3.63, 3.8) is 0 Å². The van der Waals surface area contributed by atoms with E-state index in [0.29, 0.717) is 5.78 Å². The van der Waals surface area contributed by atoms with Gasteiger partial charge in [0, 0.05) is 12.8 Å². The maximum Gasteiger partial charge on any atom is 0.132 e. The lowest BCUT2D eigenvalue weighted by Gasteiger charge is -2.22. The third kappa shape index (κ3) is 2.52. The summed E-state index contributed by atoms with van der Waals surface area (Å²) in [7, 11) is 0. The second-order valence-electron chi connectivity index (χ2n) is 5.06. The molecular weight excluding hydrogens is 196 g/mol. The van der Waals surface area contributed by atoms with E-state index >= 15 is 0 Å². The van der Waals surface area contributed by atoms with Crippen molar-refractivity contribution >= 4 is 5.78 Å². The first-order valence-corrected chi connectivity index (χ1v) is 6.23. The minimum Gasteiger partial charge on any atom is -0.300 e. The molecule has 1 aliphatic carbocycles. The predicted octanol–water partition coefficient (Wildman–Crippen LogP) is 3.61. The second kappa shape index (κ2) is 4.82. The molecule has 1 aliphatic rings. The fraction of sp³-hybridized carbons (Fsp3) is 0.533. The molecule has 0 radical (unpaired) electrons. The summed E-state index contributed by atoms with van der Waals surface area (Å²) in [6.07, 6.45) is 4.94. The molecule has 0 amide bonds. The Kier molecular flexibility index (Phi) is 3.42. The molecule has 1 aromatic carbocycles. The maximum absolute atomic E-state index is 11.2. The van der Waals surface area contributed by atoms with Crippen LogP contribution >= 0.6 is 0 Å². The molecule has 0 spiro atoms. The lowest BCUT2D eigenvalue weighted by Crippen LogP contribution is -2.16. The smallest absolute Gasteiger partial charge is 0.132 e. The molecule has 16 heavy (non-hydrogen) atoms. The Balaban J connectivity index is 2.06. The summed E-state index contributed by atoms with van der Waals surface area (Å²) in [4.78, 5) is 11.2. The number of Topliss-reactive ketones (excluding diaryl/α,β-unsaturated/α-hetero) is 1. The molecule has 1 saturated carbocycles. The summed E-state index contributed by atoms with van der Waals surface area (Å²) in [5.74, 6) is 1.18. The molecule has 0 aromatic heterocycles. The molecule has 1 fully saturated rings. The second-order valence-corrected chi connectivity index (χ2v) is 5.06. The van der Waals surface area contributed by atoms with Gasteiger partial charge in [-0.15, -0.1) is 0 Å². The van der Waals surface area contributed by atoms with Crippen molar-refractivity contribution in [3.8, 4) is 0 Å². The van der Waals surface area contributed by atoms with Crippen LogP contribution in [0.4, 0.5) is 0 Å². The van der Waals surface area contributed by atoms with Gasteiger partial charge in [0.05, 0.1) is 0 Å². The monoisotopic (exact) mass is 216 g/mol. The Labute approximate surface area is 97.9 Å². The van der Waals surface area contributed by atoms with Gasteiger partial charge in [-0.05, 0) is 55.7 Å². The molecule has 0 atom stereocenters. The van der Waals surface area contributed by atoms with Gasteiger partial charge in [0.2, 0.25) is 0 Å². The van der Waals surface area contributed by atoms with Crippen molar-refractivity contribution < 1.29 is 4.79 Å². The summed E-state index contributed by atoms with van der Waals surface area (Å²) in [6.45, 7) is 4.38. The van der Waals surface area contributed by atoms with Crippen LogP contribution in [-0.2, 0) is 11.2 Å². The van der Waals surface area contributed by atoms with Crippen LogP contribution in [0.5, 0.6) is 0 Å². The zero-order valence-corrected chi connectivity index (χ0v) is 10.3. The third-order valence-corrected chi connectivity index (χ3v) is 3.80. The number of hydrogen-bond donors (Lipinski definition) is 0.